The molecule has 1 N–H and O–H groups in total. The third kappa shape index (κ3) is 5.54. The fourth-order valence-electron chi connectivity index (χ4n) is 1.99. The molecule has 0 aliphatic heterocycles. The van der Waals surface area contributed by atoms with Gasteiger partial charge >= 0.3 is 5.97 Å². The molecule has 1 heterocycles. The van der Waals surface area contributed by atoms with E-state index in [9.17, 15) is 9.59 Å². The van der Waals surface area contributed by atoms with Crippen molar-refractivity contribution in [1.82, 2.24) is 10.3 Å². The fourth-order valence-corrected chi connectivity index (χ4v) is 1.99. The quantitative estimate of drug-likeness (QED) is 0.832. The topological polar surface area (TPSA) is 68.3 Å². The lowest BCUT2D eigenvalue weighted by Crippen LogP contribution is -2.47. The molecule has 0 aliphatic rings. The van der Waals surface area contributed by atoms with Gasteiger partial charge in [0.15, 0.2) is 0 Å². The monoisotopic (exact) mass is 312 g/mol. The maximum Gasteiger partial charge on any atom is 0.310 e. The van der Waals surface area contributed by atoms with Crippen molar-refractivity contribution in [3.63, 3.8) is 0 Å². The number of esters is 1. The van der Waals surface area contributed by atoms with E-state index in [0.29, 0.717) is 5.56 Å². The van der Waals surface area contributed by atoms with Gasteiger partial charge in [-0.25, -0.2) is 0 Å². The Hall–Kier alpha value is -2.69. The van der Waals surface area contributed by atoms with Crippen molar-refractivity contribution >= 4 is 11.9 Å². The van der Waals surface area contributed by atoms with Crippen molar-refractivity contribution in [3.05, 3.63) is 66.0 Å². The van der Waals surface area contributed by atoms with E-state index in [1.807, 2.05) is 44.2 Å². The van der Waals surface area contributed by atoms with Gasteiger partial charge in [-0.05, 0) is 31.5 Å². The van der Waals surface area contributed by atoms with Crippen LogP contribution in [0.4, 0.5) is 0 Å². The molecular formula is C18H20N2O3. The smallest absolute Gasteiger partial charge is 0.310 e. The minimum atomic E-state index is -0.660. The van der Waals surface area contributed by atoms with Crippen LogP contribution in [0.5, 0.6) is 0 Å². The number of aromatic nitrogens is 1. The Morgan fingerprint density at radius 2 is 1.74 bits per heavy atom. The fraction of sp³-hybridized carbons (Fsp3) is 0.278. The van der Waals surface area contributed by atoms with Crippen molar-refractivity contribution in [1.29, 1.82) is 0 Å². The molecule has 23 heavy (non-hydrogen) atoms. The largest absolute Gasteiger partial charge is 0.463 e. The second-order valence-corrected chi connectivity index (χ2v) is 5.90. The van der Waals surface area contributed by atoms with E-state index in [2.05, 4.69) is 10.3 Å². The minimum Gasteiger partial charge on any atom is -0.463 e. The molecule has 1 aromatic heterocycles. The van der Waals surface area contributed by atoms with Crippen LogP contribution in [0, 0.1) is 0 Å². The first kappa shape index (κ1) is 16.7. The summed E-state index contributed by atoms with van der Waals surface area (Å²) in [6.45, 7) is 3.72. The molecule has 1 aromatic carbocycles. The van der Waals surface area contributed by atoms with Crippen LogP contribution in [0.25, 0.3) is 0 Å². The van der Waals surface area contributed by atoms with Crippen LogP contribution in [0.15, 0.2) is 54.9 Å². The third-order valence-electron chi connectivity index (χ3n) is 3.18. The average molecular weight is 312 g/mol. The summed E-state index contributed by atoms with van der Waals surface area (Å²) < 4.78 is 5.28. The molecule has 0 atom stereocenters. The molecule has 0 aliphatic carbocycles. The lowest BCUT2D eigenvalue weighted by atomic mass is 10.1. The summed E-state index contributed by atoms with van der Waals surface area (Å²) in [5.41, 5.74) is 0.756. The highest BCUT2D eigenvalue weighted by Crippen LogP contribution is 2.08. The highest BCUT2D eigenvalue weighted by atomic mass is 16.5. The average Bonchev–Trinajstić information content (AvgIpc) is 2.54. The van der Waals surface area contributed by atoms with Crippen molar-refractivity contribution < 1.29 is 14.3 Å². The van der Waals surface area contributed by atoms with Gasteiger partial charge in [-0.15, -0.1) is 0 Å². The van der Waals surface area contributed by atoms with E-state index in [-0.39, 0.29) is 24.9 Å². The maximum absolute atomic E-state index is 12.1. The number of rotatable bonds is 6. The molecule has 2 rings (SSSR count). The van der Waals surface area contributed by atoms with Gasteiger partial charge in [0.25, 0.3) is 5.91 Å². The van der Waals surface area contributed by atoms with Gasteiger partial charge in [-0.3, -0.25) is 14.6 Å². The molecule has 1 amide bonds. The third-order valence-corrected chi connectivity index (χ3v) is 3.18. The number of amides is 1. The molecule has 0 bridgehead atoms. The van der Waals surface area contributed by atoms with Gasteiger partial charge in [-0.1, -0.05) is 30.3 Å². The number of hydrogen-bond donors (Lipinski definition) is 1. The van der Waals surface area contributed by atoms with Crippen molar-refractivity contribution in [2.24, 2.45) is 0 Å². The second kappa shape index (κ2) is 7.54. The summed E-state index contributed by atoms with van der Waals surface area (Å²) in [7, 11) is 0. The number of benzene rings is 1. The van der Waals surface area contributed by atoms with Crippen molar-refractivity contribution in [3.8, 4) is 0 Å². The highest BCUT2D eigenvalue weighted by Gasteiger charge is 2.23. The normalized spacial score (nSPS) is 10.9. The van der Waals surface area contributed by atoms with Gasteiger partial charge < -0.3 is 10.1 Å². The molecule has 0 unspecified atom stereocenters. The number of nitrogens with one attached hydrogen (secondary N) is 1. The predicted molar refractivity (Wildman–Crippen MR) is 86.9 cm³/mol. The van der Waals surface area contributed by atoms with Crippen LogP contribution in [0.3, 0.4) is 0 Å². The van der Waals surface area contributed by atoms with Gasteiger partial charge in [0.05, 0.1) is 12.0 Å². The number of pyridine rings is 1. The Bertz CT molecular complexity index is 654. The van der Waals surface area contributed by atoms with Crippen LogP contribution in [0.1, 0.15) is 29.8 Å². The van der Waals surface area contributed by atoms with Crippen molar-refractivity contribution in [2.45, 2.75) is 25.8 Å². The summed E-state index contributed by atoms with van der Waals surface area (Å²) in [6, 6.07) is 12.7. The Labute approximate surface area is 135 Å². The van der Waals surface area contributed by atoms with Gasteiger partial charge in [0, 0.05) is 18.0 Å². The summed E-state index contributed by atoms with van der Waals surface area (Å²) in [5.74, 6) is -0.543. The maximum atomic E-state index is 12.1. The van der Waals surface area contributed by atoms with Gasteiger partial charge in [0.2, 0.25) is 0 Å². The Balaban J connectivity index is 1.84. The molecule has 0 radical (unpaired) electrons. The van der Waals surface area contributed by atoms with Crippen LogP contribution in [-0.4, -0.2) is 29.0 Å². The summed E-state index contributed by atoms with van der Waals surface area (Å²) >= 11 is 0. The Morgan fingerprint density at radius 3 is 2.39 bits per heavy atom. The van der Waals surface area contributed by atoms with Crippen LogP contribution < -0.4 is 5.32 Å². The minimum absolute atomic E-state index is 0.107. The zero-order valence-corrected chi connectivity index (χ0v) is 13.3. The zero-order chi connectivity index (χ0) is 16.7. The number of carbonyl (C=O) groups is 2. The van der Waals surface area contributed by atoms with E-state index in [1.165, 1.54) is 0 Å². The summed E-state index contributed by atoms with van der Waals surface area (Å²) in [6.07, 6.45) is 3.33. The predicted octanol–water partition coefficient (Wildman–Crippen LogP) is 2.38. The Kier molecular flexibility index (Phi) is 5.46. The van der Waals surface area contributed by atoms with Crippen molar-refractivity contribution in [2.75, 3.05) is 6.61 Å². The van der Waals surface area contributed by atoms with Gasteiger partial charge in [0.1, 0.15) is 6.61 Å². The molecule has 2 aromatic rings. The first-order valence-corrected chi connectivity index (χ1v) is 7.38. The van der Waals surface area contributed by atoms with E-state index >= 15 is 0 Å². The molecule has 5 heteroatoms. The molecule has 120 valence electrons. The Morgan fingerprint density at radius 1 is 1.09 bits per heavy atom. The molecule has 0 fully saturated rings. The molecule has 5 nitrogen and oxygen atoms in total. The van der Waals surface area contributed by atoms with E-state index in [1.54, 1.807) is 24.5 Å². The van der Waals surface area contributed by atoms with Crippen LogP contribution in [-0.2, 0) is 16.0 Å². The summed E-state index contributed by atoms with van der Waals surface area (Å²) in [5, 5.41) is 2.85. The second-order valence-electron chi connectivity index (χ2n) is 5.90. The number of carbonyl (C=O) groups excluding carboxylic acids is 2. The molecule has 0 saturated carbocycles. The zero-order valence-electron chi connectivity index (χ0n) is 13.3. The van der Waals surface area contributed by atoms with Crippen LogP contribution >= 0.6 is 0 Å². The van der Waals surface area contributed by atoms with E-state index < -0.39 is 5.54 Å². The number of hydrogen-bond acceptors (Lipinski definition) is 4. The SMILES string of the molecule is CC(C)(COC(=O)Cc1ccccc1)NC(=O)c1ccncc1. The lowest BCUT2D eigenvalue weighted by molar-refractivity contribution is -0.144. The first-order valence-electron chi connectivity index (χ1n) is 7.38. The number of nitrogens with zero attached hydrogens (tertiary/aromatic N) is 1. The van der Waals surface area contributed by atoms with E-state index in [0.717, 1.165) is 5.56 Å². The van der Waals surface area contributed by atoms with Gasteiger partial charge in [-0.2, -0.15) is 0 Å². The van der Waals surface area contributed by atoms with Crippen LogP contribution in [0.2, 0.25) is 0 Å². The van der Waals surface area contributed by atoms with E-state index in [4.69, 9.17) is 4.74 Å². The molecular weight excluding hydrogens is 292 g/mol. The lowest BCUT2D eigenvalue weighted by Gasteiger charge is -2.25. The number of ether oxygens (including phenoxy) is 1. The summed E-state index contributed by atoms with van der Waals surface area (Å²) in [4.78, 5) is 27.9. The highest BCUT2D eigenvalue weighted by molar-refractivity contribution is 5.94. The first-order chi connectivity index (χ1) is 11.0. The standard InChI is InChI=1S/C18H20N2O3/c1-18(2,20-17(22)15-8-10-19-11-9-15)13-23-16(21)12-14-6-4-3-5-7-14/h3-11H,12-13H2,1-2H3,(H,20,22). The molecule has 0 spiro atoms. The molecule has 0 saturated heterocycles.